The van der Waals surface area contributed by atoms with E-state index in [0.717, 1.165) is 18.6 Å². The Labute approximate surface area is 124 Å². The Balaban J connectivity index is 1.89. The molecule has 0 spiro atoms. The van der Waals surface area contributed by atoms with Gasteiger partial charge in [-0.15, -0.1) is 0 Å². The number of carbonyl (C=O) groups excluding carboxylic acids is 2. The van der Waals surface area contributed by atoms with Gasteiger partial charge in [0.05, 0.1) is 14.2 Å². The lowest BCUT2D eigenvalue weighted by Crippen LogP contribution is -2.46. The summed E-state index contributed by atoms with van der Waals surface area (Å²) < 4.78 is 9.66. The second kappa shape index (κ2) is 6.97. The number of hydrogen-bond acceptors (Lipinski definition) is 4. The van der Waals surface area contributed by atoms with Crippen molar-refractivity contribution in [3.8, 4) is 5.75 Å². The highest BCUT2D eigenvalue weighted by atomic mass is 16.5. The number of benzene rings is 1. The molecule has 0 atom stereocenters. The van der Waals surface area contributed by atoms with Crippen LogP contribution in [0.5, 0.6) is 5.75 Å². The van der Waals surface area contributed by atoms with Gasteiger partial charge in [0, 0.05) is 24.7 Å². The number of nitrogens with one attached hydrogen (secondary N) is 1. The van der Waals surface area contributed by atoms with Crippen LogP contribution >= 0.6 is 0 Å². The summed E-state index contributed by atoms with van der Waals surface area (Å²) >= 11 is 0. The van der Waals surface area contributed by atoms with Gasteiger partial charge in [-0.2, -0.15) is 0 Å². The van der Waals surface area contributed by atoms with E-state index in [1.165, 1.54) is 7.11 Å². The second-order valence-corrected chi connectivity index (χ2v) is 4.93. The Morgan fingerprint density at radius 1 is 1.14 bits per heavy atom. The molecule has 1 aromatic rings. The molecule has 0 radical (unpaired) electrons. The van der Waals surface area contributed by atoms with Crippen LogP contribution in [0.25, 0.3) is 0 Å². The van der Waals surface area contributed by atoms with Crippen LogP contribution in [0, 0.1) is 0 Å². The monoisotopic (exact) mass is 292 g/mol. The number of carbonyl (C=O) groups is 2. The Bertz CT molecular complexity index is 493. The van der Waals surface area contributed by atoms with Crippen molar-refractivity contribution >= 4 is 12.0 Å². The van der Waals surface area contributed by atoms with Crippen LogP contribution in [0.4, 0.5) is 4.79 Å². The van der Waals surface area contributed by atoms with E-state index in [2.05, 4.69) is 10.1 Å². The van der Waals surface area contributed by atoms with E-state index in [1.807, 2.05) is 0 Å². The third-order valence-corrected chi connectivity index (χ3v) is 3.63. The first-order valence-electron chi connectivity index (χ1n) is 6.92. The van der Waals surface area contributed by atoms with Gasteiger partial charge in [0.1, 0.15) is 5.75 Å². The molecule has 1 N–H and O–H groups in total. The van der Waals surface area contributed by atoms with Gasteiger partial charge >= 0.3 is 6.09 Å². The maximum atomic E-state index is 12.4. The quantitative estimate of drug-likeness (QED) is 0.920. The number of amides is 2. The molecule has 6 heteroatoms. The number of piperidine rings is 1. The molecule has 1 aliphatic heterocycles. The Morgan fingerprint density at radius 3 is 2.29 bits per heavy atom. The predicted octanol–water partition coefficient (Wildman–Crippen LogP) is 1.66. The lowest BCUT2D eigenvalue weighted by atomic mass is 10.0. The van der Waals surface area contributed by atoms with Crippen molar-refractivity contribution in [1.29, 1.82) is 0 Å². The third kappa shape index (κ3) is 3.87. The van der Waals surface area contributed by atoms with E-state index < -0.39 is 6.09 Å². The van der Waals surface area contributed by atoms with E-state index in [0.29, 0.717) is 18.7 Å². The van der Waals surface area contributed by atoms with Crippen molar-refractivity contribution in [2.24, 2.45) is 0 Å². The molecule has 1 heterocycles. The standard InChI is InChI=1S/C15H20N2O4/c1-20-13-5-3-11(4-6-13)14(18)17-9-7-12(8-10-17)16-15(19)21-2/h3-6,12H,7-10H2,1-2H3,(H,16,19). The summed E-state index contributed by atoms with van der Waals surface area (Å²) in [5.74, 6) is 0.738. The van der Waals surface area contributed by atoms with Gasteiger partial charge in [-0.3, -0.25) is 4.79 Å². The summed E-state index contributed by atoms with van der Waals surface area (Å²) in [5, 5.41) is 2.77. The van der Waals surface area contributed by atoms with Gasteiger partial charge in [0.2, 0.25) is 0 Å². The second-order valence-electron chi connectivity index (χ2n) is 4.93. The summed E-state index contributed by atoms with van der Waals surface area (Å²) in [6.07, 6.45) is 1.04. The van der Waals surface area contributed by atoms with E-state index in [9.17, 15) is 9.59 Å². The molecule has 1 saturated heterocycles. The van der Waals surface area contributed by atoms with Crippen LogP contribution in [0.2, 0.25) is 0 Å². The molecule has 0 unspecified atom stereocenters. The number of likely N-dealkylation sites (tertiary alicyclic amines) is 1. The number of nitrogens with zero attached hydrogens (tertiary/aromatic N) is 1. The molecular weight excluding hydrogens is 272 g/mol. The van der Waals surface area contributed by atoms with Crippen molar-refractivity contribution in [3.05, 3.63) is 29.8 Å². The van der Waals surface area contributed by atoms with Crippen molar-refractivity contribution in [2.45, 2.75) is 18.9 Å². The van der Waals surface area contributed by atoms with Gasteiger partial charge in [0.25, 0.3) is 5.91 Å². The van der Waals surface area contributed by atoms with E-state index in [-0.39, 0.29) is 11.9 Å². The highest BCUT2D eigenvalue weighted by Crippen LogP contribution is 2.16. The molecule has 6 nitrogen and oxygen atoms in total. The minimum absolute atomic E-state index is 0.00849. The number of rotatable bonds is 3. The highest BCUT2D eigenvalue weighted by Gasteiger charge is 2.24. The average molecular weight is 292 g/mol. The van der Waals surface area contributed by atoms with Crippen LogP contribution < -0.4 is 10.1 Å². The van der Waals surface area contributed by atoms with E-state index in [4.69, 9.17) is 4.74 Å². The molecular formula is C15H20N2O4. The van der Waals surface area contributed by atoms with E-state index >= 15 is 0 Å². The van der Waals surface area contributed by atoms with Crippen LogP contribution in [0.15, 0.2) is 24.3 Å². The molecule has 21 heavy (non-hydrogen) atoms. The zero-order valence-electron chi connectivity index (χ0n) is 12.3. The molecule has 2 rings (SSSR count). The van der Waals surface area contributed by atoms with Crippen LogP contribution in [-0.4, -0.2) is 50.3 Å². The first kappa shape index (κ1) is 15.2. The lowest BCUT2D eigenvalue weighted by molar-refractivity contribution is 0.0704. The van der Waals surface area contributed by atoms with Crippen LogP contribution in [0.3, 0.4) is 0 Å². The zero-order chi connectivity index (χ0) is 15.2. The number of ether oxygens (including phenoxy) is 2. The van der Waals surface area contributed by atoms with Gasteiger partial charge in [-0.1, -0.05) is 0 Å². The maximum Gasteiger partial charge on any atom is 0.407 e. The van der Waals surface area contributed by atoms with Gasteiger partial charge in [0.15, 0.2) is 0 Å². The first-order valence-corrected chi connectivity index (χ1v) is 6.92. The Kier molecular flexibility index (Phi) is 5.03. The summed E-state index contributed by atoms with van der Waals surface area (Å²) in [4.78, 5) is 25.3. The Hall–Kier alpha value is -2.24. The minimum Gasteiger partial charge on any atom is -0.497 e. The predicted molar refractivity (Wildman–Crippen MR) is 77.5 cm³/mol. The van der Waals surface area contributed by atoms with Crippen LogP contribution in [0.1, 0.15) is 23.2 Å². The van der Waals surface area contributed by atoms with Gasteiger partial charge in [-0.05, 0) is 37.1 Å². The van der Waals surface area contributed by atoms with Crippen molar-refractivity contribution in [3.63, 3.8) is 0 Å². The number of hydrogen-bond donors (Lipinski definition) is 1. The molecule has 0 aliphatic carbocycles. The lowest BCUT2D eigenvalue weighted by Gasteiger charge is -2.32. The highest BCUT2D eigenvalue weighted by molar-refractivity contribution is 5.94. The van der Waals surface area contributed by atoms with Crippen molar-refractivity contribution < 1.29 is 19.1 Å². The molecule has 0 bridgehead atoms. The van der Waals surface area contributed by atoms with Gasteiger partial charge < -0.3 is 19.7 Å². The normalized spacial score (nSPS) is 15.4. The van der Waals surface area contributed by atoms with E-state index in [1.54, 1.807) is 36.3 Å². The molecule has 114 valence electrons. The smallest absolute Gasteiger partial charge is 0.407 e. The summed E-state index contributed by atoms with van der Waals surface area (Å²) in [7, 11) is 2.94. The number of methoxy groups -OCH3 is 2. The molecule has 0 saturated carbocycles. The number of alkyl carbamates (subject to hydrolysis) is 1. The maximum absolute atomic E-state index is 12.4. The summed E-state index contributed by atoms with van der Waals surface area (Å²) in [5.41, 5.74) is 0.648. The SMILES string of the molecule is COC(=O)NC1CCN(C(=O)c2ccc(OC)cc2)CC1. The van der Waals surface area contributed by atoms with Gasteiger partial charge in [-0.25, -0.2) is 4.79 Å². The fraction of sp³-hybridized carbons (Fsp3) is 0.467. The molecule has 2 amide bonds. The first-order chi connectivity index (χ1) is 10.1. The molecule has 1 aliphatic rings. The molecule has 0 aromatic heterocycles. The Morgan fingerprint density at radius 2 is 1.76 bits per heavy atom. The fourth-order valence-electron chi connectivity index (χ4n) is 2.37. The molecule has 1 fully saturated rings. The third-order valence-electron chi connectivity index (χ3n) is 3.63. The van der Waals surface area contributed by atoms with Crippen molar-refractivity contribution in [1.82, 2.24) is 10.2 Å². The summed E-state index contributed by atoms with van der Waals surface area (Å²) in [6.45, 7) is 1.25. The zero-order valence-corrected chi connectivity index (χ0v) is 12.3. The average Bonchev–Trinajstić information content (AvgIpc) is 2.55. The van der Waals surface area contributed by atoms with Crippen molar-refractivity contribution in [2.75, 3.05) is 27.3 Å². The molecule has 1 aromatic carbocycles. The largest absolute Gasteiger partial charge is 0.497 e. The summed E-state index contributed by atoms with van der Waals surface area (Å²) in [6, 6.07) is 7.15. The van der Waals surface area contributed by atoms with Crippen LogP contribution in [-0.2, 0) is 4.74 Å². The topological polar surface area (TPSA) is 67.9 Å². The fourth-order valence-corrected chi connectivity index (χ4v) is 2.37. The minimum atomic E-state index is -0.421.